The molecule has 2 aromatic rings. The maximum absolute atomic E-state index is 13.5. The van der Waals surface area contributed by atoms with Crippen molar-refractivity contribution in [1.29, 1.82) is 0 Å². The maximum Gasteiger partial charge on any atom is 0.273 e. The molecular formula is C26H36N4O3. The smallest absolute Gasteiger partial charge is 0.273 e. The highest BCUT2D eigenvalue weighted by Gasteiger charge is 2.47. The van der Waals surface area contributed by atoms with Crippen molar-refractivity contribution in [1.82, 2.24) is 20.0 Å². The van der Waals surface area contributed by atoms with Gasteiger partial charge in [0.2, 0.25) is 5.91 Å². The van der Waals surface area contributed by atoms with Gasteiger partial charge < -0.3 is 15.0 Å². The highest BCUT2D eigenvalue weighted by molar-refractivity contribution is 6.00. The Morgan fingerprint density at radius 3 is 2.70 bits per heavy atom. The first-order valence-corrected chi connectivity index (χ1v) is 12.4. The second kappa shape index (κ2) is 9.98. The molecule has 33 heavy (non-hydrogen) atoms. The molecule has 1 N–H and O–H groups in total. The number of benzene rings is 1. The van der Waals surface area contributed by atoms with Crippen LogP contribution in [0.25, 0.3) is 11.3 Å². The number of nitrogens with zero attached hydrogens (tertiary/aromatic N) is 3. The van der Waals surface area contributed by atoms with Gasteiger partial charge in [0.1, 0.15) is 17.0 Å². The summed E-state index contributed by atoms with van der Waals surface area (Å²) in [6.45, 7) is 7.35. The van der Waals surface area contributed by atoms with Crippen molar-refractivity contribution in [3.63, 3.8) is 0 Å². The van der Waals surface area contributed by atoms with E-state index >= 15 is 0 Å². The second-order valence-electron chi connectivity index (χ2n) is 9.40. The van der Waals surface area contributed by atoms with Crippen LogP contribution in [0.5, 0.6) is 5.75 Å². The van der Waals surface area contributed by atoms with Gasteiger partial charge in [0.05, 0.1) is 18.8 Å². The highest BCUT2D eigenvalue weighted by Crippen LogP contribution is 2.34. The number of hydrogen-bond donors (Lipinski definition) is 1. The molecule has 1 aliphatic heterocycles. The Balaban J connectivity index is 1.62. The molecule has 2 amide bonds. The van der Waals surface area contributed by atoms with E-state index in [4.69, 9.17) is 9.84 Å². The minimum Gasteiger partial charge on any atom is -0.493 e. The summed E-state index contributed by atoms with van der Waals surface area (Å²) < 4.78 is 7.69. The molecule has 1 aliphatic carbocycles. The minimum absolute atomic E-state index is 0.0874. The number of para-hydroxylation sites is 1. The Morgan fingerprint density at radius 1 is 1.21 bits per heavy atom. The van der Waals surface area contributed by atoms with Crippen molar-refractivity contribution in [3.05, 3.63) is 36.0 Å². The predicted octanol–water partition coefficient (Wildman–Crippen LogP) is 4.41. The number of hydrogen-bond acceptors (Lipinski definition) is 4. The van der Waals surface area contributed by atoms with E-state index in [0.717, 1.165) is 49.8 Å². The van der Waals surface area contributed by atoms with E-state index in [1.165, 1.54) is 6.42 Å². The van der Waals surface area contributed by atoms with E-state index in [1.54, 1.807) is 9.58 Å². The van der Waals surface area contributed by atoms with Crippen LogP contribution in [0, 0.1) is 0 Å². The van der Waals surface area contributed by atoms with Crippen LogP contribution in [0.3, 0.4) is 0 Å². The number of aromatic nitrogens is 2. The predicted molar refractivity (Wildman–Crippen MR) is 128 cm³/mol. The molecule has 1 fully saturated rings. The van der Waals surface area contributed by atoms with Gasteiger partial charge in [-0.05, 0) is 51.3 Å². The van der Waals surface area contributed by atoms with Gasteiger partial charge in [-0.1, -0.05) is 44.7 Å². The first-order chi connectivity index (χ1) is 16.0. The normalized spacial score (nSPS) is 21.1. The SMILES string of the molecule is CCCCOc1ccccc1-c1cc2n(n1)CC(C)(C(=O)NC1CCCCC1)N(CC)C2=O. The Morgan fingerprint density at radius 2 is 1.97 bits per heavy atom. The quantitative estimate of drug-likeness (QED) is 0.602. The Bertz CT molecular complexity index is 995. The lowest BCUT2D eigenvalue weighted by molar-refractivity contribution is -0.133. The van der Waals surface area contributed by atoms with Gasteiger partial charge in [0.15, 0.2) is 0 Å². The molecule has 4 rings (SSSR count). The molecule has 7 heteroatoms. The van der Waals surface area contributed by atoms with Crippen molar-refractivity contribution >= 4 is 11.8 Å². The summed E-state index contributed by atoms with van der Waals surface area (Å²) in [5.41, 5.74) is 1.09. The monoisotopic (exact) mass is 452 g/mol. The van der Waals surface area contributed by atoms with Gasteiger partial charge in [-0.25, -0.2) is 0 Å². The summed E-state index contributed by atoms with van der Waals surface area (Å²) >= 11 is 0. The van der Waals surface area contributed by atoms with Crippen LogP contribution in [-0.4, -0.2) is 51.2 Å². The highest BCUT2D eigenvalue weighted by atomic mass is 16.5. The summed E-state index contributed by atoms with van der Waals surface area (Å²) in [6.07, 6.45) is 7.57. The third kappa shape index (κ3) is 4.63. The van der Waals surface area contributed by atoms with Gasteiger partial charge in [-0.3, -0.25) is 14.3 Å². The fourth-order valence-corrected chi connectivity index (χ4v) is 4.99. The van der Waals surface area contributed by atoms with Crippen molar-refractivity contribution in [2.45, 2.75) is 83.8 Å². The molecule has 1 unspecified atom stereocenters. The molecule has 1 aromatic heterocycles. The van der Waals surface area contributed by atoms with Gasteiger partial charge in [-0.2, -0.15) is 5.10 Å². The van der Waals surface area contributed by atoms with Gasteiger partial charge >= 0.3 is 0 Å². The topological polar surface area (TPSA) is 76.5 Å². The zero-order valence-corrected chi connectivity index (χ0v) is 20.1. The molecule has 0 spiro atoms. The van der Waals surface area contributed by atoms with Crippen LogP contribution in [-0.2, 0) is 11.3 Å². The number of amides is 2. The molecule has 0 bridgehead atoms. The van der Waals surface area contributed by atoms with E-state index in [-0.39, 0.29) is 17.9 Å². The van der Waals surface area contributed by atoms with E-state index in [9.17, 15) is 9.59 Å². The Kier molecular flexibility index (Phi) is 7.05. The summed E-state index contributed by atoms with van der Waals surface area (Å²) in [4.78, 5) is 28.6. The molecule has 0 radical (unpaired) electrons. The third-order valence-electron chi connectivity index (χ3n) is 6.96. The van der Waals surface area contributed by atoms with Crippen LogP contribution in [0.1, 0.15) is 76.2 Å². The Hall–Kier alpha value is -2.83. The lowest BCUT2D eigenvalue weighted by Gasteiger charge is -2.43. The van der Waals surface area contributed by atoms with E-state index in [1.807, 2.05) is 44.2 Å². The minimum atomic E-state index is -0.975. The fraction of sp³-hybridized carbons (Fsp3) is 0.577. The second-order valence-corrected chi connectivity index (χ2v) is 9.40. The first-order valence-electron chi connectivity index (χ1n) is 12.4. The number of carbonyl (C=O) groups is 2. The molecular weight excluding hydrogens is 416 g/mol. The number of ether oxygens (including phenoxy) is 1. The van der Waals surface area contributed by atoms with E-state index in [0.29, 0.717) is 31.1 Å². The van der Waals surface area contributed by atoms with Crippen molar-refractivity contribution in [3.8, 4) is 17.0 Å². The largest absolute Gasteiger partial charge is 0.493 e. The van der Waals surface area contributed by atoms with Gasteiger partial charge in [0, 0.05) is 18.2 Å². The van der Waals surface area contributed by atoms with Crippen LogP contribution in [0.15, 0.2) is 30.3 Å². The molecule has 178 valence electrons. The lowest BCUT2D eigenvalue weighted by atomic mass is 9.91. The average molecular weight is 453 g/mol. The van der Waals surface area contributed by atoms with Gasteiger partial charge in [-0.15, -0.1) is 0 Å². The van der Waals surface area contributed by atoms with Crippen molar-refractivity contribution < 1.29 is 14.3 Å². The molecule has 1 saturated carbocycles. The fourth-order valence-electron chi connectivity index (χ4n) is 4.99. The zero-order valence-electron chi connectivity index (χ0n) is 20.1. The Labute approximate surface area is 196 Å². The van der Waals surface area contributed by atoms with Crippen LogP contribution < -0.4 is 10.1 Å². The maximum atomic E-state index is 13.5. The molecule has 7 nitrogen and oxygen atoms in total. The van der Waals surface area contributed by atoms with Crippen molar-refractivity contribution in [2.75, 3.05) is 13.2 Å². The summed E-state index contributed by atoms with van der Waals surface area (Å²) in [5, 5.41) is 7.99. The molecule has 1 aromatic carbocycles. The average Bonchev–Trinajstić information content (AvgIpc) is 3.24. The standard InChI is InChI=1S/C26H36N4O3/c1-4-6-16-33-23-15-11-10-14-20(23)21-17-22-24(31)29(5-2)26(3,18-30(22)28-21)25(32)27-19-12-8-7-9-13-19/h10-11,14-15,17,19H,4-9,12-13,16,18H2,1-3H3,(H,27,32). The number of fused-ring (bicyclic) bond motifs is 1. The zero-order chi connectivity index (χ0) is 23.4. The summed E-state index contributed by atoms with van der Waals surface area (Å²) in [7, 11) is 0. The summed E-state index contributed by atoms with van der Waals surface area (Å²) in [6, 6.07) is 9.81. The number of carbonyl (C=O) groups excluding carboxylic acids is 2. The van der Waals surface area contributed by atoms with Crippen LogP contribution in [0.4, 0.5) is 0 Å². The van der Waals surface area contributed by atoms with E-state index in [2.05, 4.69) is 12.2 Å². The number of nitrogens with one attached hydrogen (secondary N) is 1. The first kappa shape index (κ1) is 23.3. The molecule has 2 heterocycles. The van der Waals surface area contributed by atoms with E-state index < -0.39 is 5.54 Å². The number of rotatable bonds is 8. The molecule has 1 atom stereocenters. The summed E-state index contributed by atoms with van der Waals surface area (Å²) in [5.74, 6) is 0.516. The third-order valence-corrected chi connectivity index (χ3v) is 6.96. The van der Waals surface area contributed by atoms with Gasteiger partial charge in [0.25, 0.3) is 5.91 Å². The number of likely N-dealkylation sites (N-methyl/N-ethyl adjacent to an activating group) is 1. The molecule has 2 aliphatic rings. The van der Waals surface area contributed by atoms with Crippen LogP contribution in [0.2, 0.25) is 0 Å². The van der Waals surface area contributed by atoms with Crippen molar-refractivity contribution in [2.24, 2.45) is 0 Å². The van der Waals surface area contributed by atoms with Crippen LogP contribution >= 0.6 is 0 Å². The number of unbranched alkanes of at least 4 members (excludes halogenated alkanes) is 1. The molecule has 0 saturated heterocycles. The lowest BCUT2D eigenvalue weighted by Crippen LogP contribution is -2.65.